The van der Waals surface area contributed by atoms with Crippen LogP contribution in [0.1, 0.15) is 30.3 Å². The second-order valence-electron chi connectivity index (χ2n) is 5.45. The molecule has 21 heavy (non-hydrogen) atoms. The first-order valence-corrected chi connectivity index (χ1v) is 7.20. The number of hydrogen-bond donors (Lipinski definition) is 0. The van der Waals surface area contributed by atoms with E-state index in [1.54, 1.807) is 4.90 Å². The van der Waals surface area contributed by atoms with E-state index < -0.39 is 6.10 Å². The molecule has 1 heterocycles. The summed E-state index contributed by atoms with van der Waals surface area (Å²) in [6.07, 6.45) is -0.642. The third-order valence-corrected chi connectivity index (χ3v) is 4.13. The van der Waals surface area contributed by atoms with E-state index in [-0.39, 0.29) is 18.1 Å². The van der Waals surface area contributed by atoms with Gasteiger partial charge in [0.05, 0.1) is 6.04 Å². The van der Waals surface area contributed by atoms with Gasteiger partial charge in [0.15, 0.2) is 6.10 Å². The molecule has 1 aliphatic heterocycles. The second-order valence-corrected chi connectivity index (χ2v) is 5.45. The quantitative estimate of drug-likeness (QED) is 0.845. The lowest BCUT2D eigenvalue weighted by Gasteiger charge is -2.41. The summed E-state index contributed by atoms with van der Waals surface area (Å²) < 4.78 is 6.16. The molecule has 0 aromatic heterocycles. The third-order valence-electron chi connectivity index (χ3n) is 4.13. The largest absolute Gasteiger partial charge is 0.354 e. The van der Waals surface area contributed by atoms with Crippen molar-refractivity contribution < 1.29 is 9.53 Å². The van der Waals surface area contributed by atoms with Crippen molar-refractivity contribution in [3.05, 3.63) is 71.8 Å². The highest BCUT2D eigenvalue weighted by Gasteiger charge is 2.39. The summed E-state index contributed by atoms with van der Waals surface area (Å²) in [5.41, 5.74) is 2.01. The van der Waals surface area contributed by atoms with Crippen LogP contribution < -0.4 is 0 Å². The Morgan fingerprint density at radius 3 is 2.00 bits per heavy atom. The van der Waals surface area contributed by atoms with Gasteiger partial charge in [-0.25, -0.2) is 0 Å². The fraction of sp³-hybridized carbons (Fsp3) is 0.278. The average molecular weight is 281 g/mol. The fourth-order valence-electron chi connectivity index (χ4n) is 2.76. The topological polar surface area (TPSA) is 29.5 Å². The van der Waals surface area contributed by atoms with Crippen molar-refractivity contribution in [2.24, 2.45) is 0 Å². The van der Waals surface area contributed by atoms with E-state index in [0.717, 1.165) is 11.1 Å². The number of amides is 1. The maximum Gasteiger partial charge on any atom is 0.256 e. The van der Waals surface area contributed by atoms with Crippen LogP contribution in [0.4, 0.5) is 0 Å². The molecule has 0 N–H and O–H groups in total. The first kappa shape index (κ1) is 13.8. The zero-order valence-electron chi connectivity index (χ0n) is 12.3. The molecule has 3 rings (SSSR count). The van der Waals surface area contributed by atoms with Crippen molar-refractivity contribution >= 4 is 5.91 Å². The molecular weight excluding hydrogens is 262 g/mol. The lowest BCUT2D eigenvalue weighted by molar-refractivity contribution is -0.170. The highest BCUT2D eigenvalue weighted by molar-refractivity contribution is 5.83. The van der Waals surface area contributed by atoms with Crippen LogP contribution in [0.5, 0.6) is 0 Å². The van der Waals surface area contributed by atoms with Crippen LogP contribution in [0.3, 0.4) is 0 Å². The molecule has 2 aromatic carbocycles. The van der Waals surface area contributed by atoms with Gasteiger partial charge in [-0.3, -0.25) is 4.79 Å². The molecule has 1 fully saturated rings. The van der Waals surface area contributed by atoms with Crippen LogP contribution in [-0.4, -0.2) is 23.9 Å². The first-order valence-electron chi connectivity index (χ1n) is 7.20. The van der Waals surface area contributed by atoms with Gasteiger partial charge in [-0.15, -0.1) is 0 Å². The first-order chi connectivity index (χ1) is 10.2. The molecule has 0 aliphatic carbocycles. The molecule has 1 amide bonds. The number of rotatable bonds is 2. The van der Waals surface area contributed by atoms with E-state index in [4.69, 9.17) is 4.74 Å². The number of nitrogens with zero attached hydrogens (tertiary/aromatic N) is 1. The zero-order valence-corrected chi connectivity index (χ0v) is 12.3. The number of benzene rings is 2. The summed E-state index contributed by atoms with van der Waals surface area (Å²) in [4.78, 5) is 14.3. The standard InChI is InChI=1S/C18H19NO2/c1-13-16(14-9-5-3-6-10-14)21-17(18(20)19(13)2)15-11-7-4-8-12-15/h3-13,16-17H,1-2H3. The van der Waals surface area contributed by atoms with Crippen molar-refractivity contribution in [2.45, 2.75) is 25.2 Å². The molecule has 3 nitrogen and oxygen atoms in total. The summed E-state index contributed by atoms with van der Waals surface area (Å²) in [6.45, 7) is 2.02. The molecule has 3 heteroatoms. The van der Waals surface area contributed by atoms with Gasteiger partial charge in [-0.2, -0.15) is 0 Å². The minimum atomic E-state index is -0.530. The van der Waals surface area contributed by atoms with Gasteiger partial charge in [0.1, 0.15) is 6.10 Å². The van der Waals surface area contributed by atoms with Crippen LogP contribution in [0.2, 0.25) is 0 Å². The molecule has 1 saturated heterocycles. The second kappa shape index (κ2) is 5.70. The molecule has 0 radical (unpaired) electrons. The zero-order chi connectivity index (χ0) is 14.8. The Balaban J connectivity index is 1.95. The highest BCUT2D eigenvalue weighted by atomic mass is 16.5. The molecule has 0 saturated carbocycles. The van der Waals surface area contributed by atoms with E-state index in [9.17, 15) is 4.79 Å². The van der Waals surface area contributed by atoms with E-state index >= 15 is 0 Å². The molecule has 3 atom stereocenters. The van der Waals surface area contributed by atoms with Crippen LogP contribution in [0, 0.1) is 0 Å². The van der Waals surface area contributed by atoms with Crippen LogP contribution >= 0.6 is 0 Å². The van der Waals surface area contributed by atoms with Gasteiger partial charge in [0, 0.05) is 7.05 Å². The van der Waals surface area contributed by atoms with Crippen LogP contribution in [0.25, 0.3) is 0 Å². The number of carbonyl (C=O) groups excluding carboxylic acids is 1. The Hall–Kier alpha value is -2.13. The van der Waals surface area contributed by atoms with Crippen molar-refractivity contribution in [1.29, 1.82) is 0 Å². The van der Waals surface area contributed by atoms with Crippen molar-refractivity contribution in [2.75, 3.05) is 7.05 Å². The van der Waals surface area contributed by atoms with Gasteiger partial charge in [0.25, 0.3) is 5.91 Å². The Kier molecular flexibility index (Phi) is 3.76. The maximum atomic E-state index is 12.5. The third kappa shape index (κ3) is 2.57. The summed E-state index contributed by atoms with van der Waals surface area (Å²) in [5.74, 6) is 0.0147. The van der Waals surface area contributed by atoms with E-state index in [1.165, 1.54) is 0 Å². The Bertz CT molecular complexity index is 612. The summed E-state index contributed by atoms with van der Waals surface area (Å²) >= 11 is 0. The van der Waals surface area contributed by atoms with E-state index in [0.29, 0.717) is 0 Å². The normalized spacial score (nSPS) is 25.9. The number of likely N-dealkylation sites (N-methyl/N-ethyl adjacent to an activating group) is 1. The SMILES string of the molecule is CC1C(c2ccccc2)OC(c2ccccc2)C(=O)N1C. The minimum absolute atomic E-state index is 0.0138. The van der Waals surface area contributed by atoms with E-state index in [2.05, 4.69) is 0 Å². The molecule has 108 valence electrons. The van der Waals surface area contributed by atoms with Crippen LogP contribution in [-0.2, 0) is 9.53 Å². The van der Waals surface area contributed by atoms with Gasteiger partial charge < -0.3 is 9.64 Å². The molecule has 0 spiro atoms. The van der Waals surface area contributed by atoms with Crippen LogP contribution in [0.15, 0.2) is 60.7 Å². The summed E-state index contributed by atoms with van der Waals surface area (Å²) in [6, 6.07) is 19.8. The predicted octanol–water partition coefficient (Wildman–Crippen LogP) is 3.35. The summed E-state index contributed by atoms with van der Waals surface area (Å²) in [7, 11) is 1.85. The number of carbonyl (C=O) groups is 1. The van der Waals surface area contributed by atoms with Gasteiger partial charge in [0.2, 0.25) is 0 Å². The summed E-state index contributed by atoms with van der Waals surface area (Å²) in [5, 5.41) is 0. The highest BCUT2D eigenvalue weighted by Crippen LogP contribution is 2.36. The van der Waals surface area contributed by atoms with Gasteiger partial charge in [-0.1, -0.05) is 60.7 Å². The molecule has 1 aliphatic rings. The predicted molar refractivity (Wildman–Crippen MR) is 81.7 cm³/mol. The molecule has 0 bridgehead atoms. The monoisotopic (exact) mass is 281 g/mol. The van der Waals surface area contributed by atoms with Crippen molar-refractivity contribution in [3.63, 3.8) is 0 Å². The lowest BCUT2D eigenvalue weighted by Crippen LogP contribution is -2.48. The minimum Gasteiger partial charge on any atom is -0.354 e. The molecule has 2 aromatic rings. The average Bonchev–Trinajstić information content (AvgIpc) is 2.55. The molecular formula is C18H19NO2. The maximum absolute atomic E-state index is 12.5. The Morgan fingerprint density at radius 1 is 0.905 bits per heavy atom. The number of ether oxygens (including phenoxy) is 1. The molecule has 3 unspecified atom stereocenters. The van der Waals surface area contributed by atoms with E-state index in [1.807, 2.05) is 74.6 Å². The lowest BCUT2D eigenvalue weighted by atomic mass is 9.97. The smallest absolute Gasteiger partial charge is 0.256 e. The Morgan fingerprint density at radius 2 is 1.43 bits per heavy atom. The van der Waals surface area contributed by atoms with Gasteiger partial charge in [-0.05, 0) is 18.1 Å². The van der Waals surface area contributed by atoms with Crippen molar-refractivity contribution in [1.82, 2.24) is 4.90 Å². The fourth-order valence-corrected chi connectivity index (χ4v) is 2.76. The number of morpholine rings is 1. The number of hydrogen-bond acceptors (Lipinski definition) is 2. The Labute approximate surface area is 125 Å². The van der Waals surface area contributed by atoms with Crippen molar-refractivity contribution in [3.8, 4) is 0 Å². The van der Waals surface area contributed by atoms with Gasteiger partial charge >= 0.3 is 0 Å².